The molecule has 0 radical (unpaired) electrons. The molecule has 1 fully saturated rings. The SMILES string of the molecule is CCn1c2ccccc2c2cc(NC(=O)C3CCN(C(=O)c4ccc(F)cc4F)CC3)ccc21. The zero-order valence-corrected chi connectivity index (χ0v) is 18.9. The molecular weight excluding hydrogens is 436 g/mol. The fourth-order valence-corrected chi connectivity index (χ4v) is 4.89. The predicted molar refractivity (Wildman–Crippen MR) is 129 cm³/mol. The average molecular weight is 462 g/mol. The Morgan fingerprint density at radius 2 is 1.68 bits per heavy atom. The summed E-state index contributed by atoms with van der Waals surface area (Å²) in [4.78, 5) is 27.1. The van der Waals surface area contributed by atoms with Crippen molar-refractivity contribution in [1.29, 1.82) is 0 Å². The molecule has 0 spiro atoms. The van der Waals surface area contributed by atoms with Gasteiger partial charge in [0.15, 0.2) is 0 Å². The molecule has 174 valence electrons. The first kappa shape index (κ1) is 22.1. The molecular formula is C27H25F2N3O2. The number of nitrogens with zero attached hydrogens (tertiary/aromatic N) is 2. The summed E-state index contributed by atoms with van der Waals surface area (Å²) in [5.74, 6) is -2.39. The second-order valence-corrected chi connectivity index (χ2v) is 8.67. The molecule has 1 aliphatic rings. The third-order valence-corrected chi connectivity index (χ3v) is 6.67. The van der Waals surface area contributed by atoms with Crippen LogP contribution in [0.5, 0.6) is 0 Å². The summed E-state index contributed by atoms with van der Waals surface area (Å²) >= 11 is 0. The summed E-state index contributed by atoms with van der Waals surface area (Å²) in [6.07, 6.45) is 0.968. The molecule has 0 saturated carbocycles. The van der Waals surface area contributed by atoms with Crippen LogP contribution < -0.4 is 5.32 Å². The van der Waals surface area contributed by atoms with Gasteiger partial charge in [0.2, 0.25) is 5.91 Å². The van der Waals surface area contributed by atoms with Gasteiger partial charge in [-0.05, 0) is 56.2 Å². The lowest BCUT2D eigenvalue weighted by Crippen LogP contribution is -2.41. The number of aromatic nitrogens is 1. The maximum Gasteiger partial charge on any atom is 0.256 e. The van der Waals surface area contributed by atoms with Crippen molar-refractivity contribution < 1.29 is 18.4 Å². The Morgan fingerprint density at radius 1 is 0.941 bits per heavy atom. The average Bonchev–Trinajstić information content (AvgIpc) is 3.17. The van der Waals surface area contributed by atoms with Crippen molar-refractivity contribution >= 4 is 39.3 Å². The maximum absolute atomic E-state index is 14.0. The Hall–Kier alpha value is -3.74. The number of carbonyl (C=O) groups is 2. The maximum atomic E-state index is 14.0. The fourth-order valence-electron chi connectivity index (χ4n) is 4.89. The third-order valence-electron chi connectivity index (χ3n) is 6.67. The third kappa shape index (κ3) is 3.91. The summed E-state index contributed by atoms with van der Waals surface area (Å²) < 4.78 is 29.4. The van der Waals surface area contributed by atoms with E-state index >= 15 is 0 Å². The van der Waals surface area contributed by atoms with Crippen LogP contribution in [0.1, 0.15) is 30.1 Å². The number of amides is 2. The number of anilines is 1. The molecule has 1 N–H and O–H groups in total. The molecule has 34 heavy (non-hydrogen) atoms. The Morgan fingerprint density at radius 3 is 2.41 bits per heavy atom. The Kier molecular flexibility index (Phi) is 5.77. The first-order valence-corrected chi connectivity index (χ1v) is 11.5. The van der Waals surface area contributed by atoms with Crippen LogP contribution in [-0.4, -0.2) is 34.4 Å². The molecule has 2 amide bonds. The molecule has 1 aromatic heterocycles. The summed E-state index contributed by atoms with van der Waals surface area (Å²) in [7, 11) is 0. The van der Waals surface area contributed by atoms with Crippen molar-refractivity contribution in [3.8, 4) is 0 Å². The lowest BCUT2D eigenvalue weighted by Gasteiger charge is -2.31. The number of piperidine rings is 1. The quantitative estimate of drug-likeness (QED) is 0.431. The van der Waals surface area contributed by atoms with Crippen LogP contribution in [0.4, 0.5) is 14.5 Å². The number of carbonyl (C=O) groups excluding carboxylic acids is 2. The van der Waals surface area contributed by atoms with Crippen LogP contribution in [0, 0.1) is 17.6 Å². The van der Waals surface area contributed by atoms with Crippen LogP contribution in [0.15, 0.2) is 60.7 Å². The zero-order valence-electron chi connectivity index (χ0n) is 18.9. The van der Waals surface area contributed by atoms with Crippen LogP contribution in [0.3, 0.4) is 0 Å². The number of nitrogens with one attached hydrogen (secondary N) is 1. The summed E-state index contributed by atoms with van der Waals surface area (Å²) in [6.45, 7) is 3.66. The molecule has 0 atom stereocenters. The highest BCUT2D eigenvalue weighted by Gasteiger charge is 2.29. The number of fused-ring (bicyclic) bond motifs is 3. The Labute approximate surface area is 196 Å². The molecule has 1 aliphatic heterocycles. The smallest absolute Gasteiger partial charge is 0.256 e. The second-order valence-electron chi connectivity index (χ2n) is 8.67. The van der Waals surface area contributed by atoms with Crippen molar-refractivity contribution in [2.45, 2.75) is 26.3 Å². The zero-order chi connectivity index (χ0) is 23.8. The van der Waals surface area contributed by atoms with Gasteiger partial charge in [-0.15, -0.1) is 0 Å². The number of aryl methyl sites for hydroxylation is 1. The van der Waals surface area contributed by atoms with Gasteiger partial charge in [-0.1, -0.05) is 18.2 Å². The minimum Gasteiger partial charge on any atom is -0.341 e. The van der Waals surface area contributed by atoms with E-state index in [0.717, 1.165) is 46.2 Å². The number of rotatable bonds is 4. The van der Waals surface area contributed by atoms with E-state index in [1.807, 2.05) is 30.3 Å². The number of likely N-dealkylation sites (tertiary alicyclic amines) is 1. The van der Waals surface area contributed by atoms with Crippen molar-refractivity contribution in [2.24, 2.45) is 5.92 Å². The van der Waals surface area contributed by atoms with Crippen molar-refractivity contribution in [1.82, 2.24) is 9.47 Å². The number of halogens is 2. The van der Waals surface area contributed by atoms with Gasteiger partial charge in [-0.2, -0.15) is 0 Å². The van der Waals surface area contributed by atoms with E-state index in [2.05, 4.69) is 28.9 Å². The normalized spacial score (nSPS) is 14.6. The molecule has 2 heterocycles. The summed E-state index contributed by atoms with van der Waals surface area (Å²) in [5, 5.41) is 5.28. The number of hydrogen-bond donors (Lipinski definition) is 1. The van der Waals surface area contributed by atoms with Gasteiger partial charge in [-0.3, -0.25) is 9.59 Å². The topological polar surface area (TPSA) is 54.3 Å². The van der Waals surface area contributed by atoms with E-state index in [9.17, 15) is 18.4 Å². The molecule has 4 aromatic rings. The van der Waals surface area contributed by atoms with E-state index < -0.39 is 17.5 Å². The van der Waals surface area contributed by atoms with Gasteiger partial charge < -0.3 is 14.8 Å². The van der Waals surface area contributed by atoms with Crippen molar-refractivity contribution in [3.63, 3.8) is 0 Å². The summed E-state index contributed by atoms with van der Waals surface area (Å²) in [5.41, 5.74) is 2.88. The first-order chi connectivity index (χ1) is 16.5. The minimum absolute atomic E-state index is 0.0846. The molecule has 5 nitrogen and oxygen atoms in total. The lowest BCUT2D eigenvalue weighted by molar-refractivity contribution is -0.121. The van der Waals surface area contributed by atoms with Crippen LogP contribution >= 0.6 is 0 Å². The van der Waals surface area contributed by atoms with Gasteiger partial charge in [0.1, 0.15) is 11.6 Å². The van der Waals surface area contributed by atoms with Gasteiger partial charge in [0, 0.05) is 59.1 Å². The van der Waals surface area contributed by atoms with Crippen LogP contribution in [0.25, 0.3) is 21.8 Å². The van der Waals surface area contributed by atoms with Crippen LogP contribution in [-0.2, 0) is 11.3 Å². The number of para-hydroxylation sites is 1. The highest BCUT2D eigenvalue weighted by molar-refractivity contribution is 6.10. The van der Waals surface area contributed by atoms with E-state index in [-0.39, 0.29) is 17.4 Å². The molecule has 0 unspecified atom stereocenters. The number of hydrogen-bond acceptors (Lipinski definition) is 2. The predicted octanol–water partition coefficient (Wildman–Crippen LogP) is 5.58. The van der Waals surface area contributed by atoms with Gasteiger partial charge >= 0.3 is 0 Å². The molecule has 7 heteroatoms. The van der Waals surface area contributed by atoms with E-state index in [4.69, 9.17) is 0 Å². The largest absolute Gasteiger partial charge is 0.341 e. The molecule has 1 saturated heterocycles. The highest BCUT2D eigenvalue weighted by Crippen LogP contribution is 2.31. The highest BCUT2D eigenvalue weighted by atomic mass is 19.1. The Bertz CT molecular complexity index is 1400. The number of benzene rings is 3. The second kappa shape index (κ2) is 8.89. The monoisotopic (exact) mass is 461 g/mol. The van der Waals surface area contributed by atoms with Gasteiger partial charge in [0.25, 0.3) is 5.91 Å². The Balaban J connectivity index is 1.27. The molecule has 0 bridgehead atoms. The standard InChI is InChI=1S/C27H25F2N3O2/c1-2-32-24-6-4-3-5-20(24)22-16-19(8-10-25(22)32)30-26(33)17-11-13-31(14-12-17)27(34)21-9-7-18(28)15-23(21)29/h3-10,15-17H,2,11-14H2,1H3,(H,30,33). The van der Waals surface area contributed by atoms with E-state index in [0.29, 0.717) is 32.0 Å². The molecule has 5 rings (SSSR count). The molecule has 3 aromatic carbocycles. The minimum atomic E-state index is -0.871. The van der Waals surface area contributed by atoms with Gasteiger partial charge in [0.05, 0.1) is 5.56 Å². The first-order valence-electron chi connectivity index (χ1n) is 11.5. The fraction of sp³-hybridized carbons (Fsp3) is 0.259. The molecule has 0 aliphatic carbocycles. The van der Waals surface area contributed by atoms with E-state index in [1.54, 1.807) is 0 Å². The lowest BCUT2D eigenvalue weighted by atomic mass is 9.95. The van der Waals surface area contributed by atoms with Crippen molar-refractivity contribution in [2.75, 3.05) is 18.4 Å². The summed E-state index contributed by atoms with van der Waals surface area (Å²) in [6, 6.07) is 17.1. The van der Waals surface area contributed by atoms with E-state index in [1.165, 1.54) is 4.90 Å². The van der Waals surface area contributed by atoms with Crippen LogP contribution in [0.2, 0.25) is 0 Å². The van der Waals surface area contributed by atoms with Crippen molar-refractivity contribution in [3.05, 3.63) is 77.9 Å². The van der Waals surface area contributed by atoms with Gasteiger partial charge in [-0.25, -0.2) is 8.78 Å².